The largest absolute Gasteiger partial charge is 0.444 e. The third-order valence-electron chi connectivity index (χ3n) is 1.90. The number of alkyl halides is 3. The number of anilines is 1. The number of carbonyl (C=O) groups is 1. The Morgan fingerprint density at radius 2 is 1.89 bits per heavy atom. The molecule has 0 bridgehead atoms. The molecule has 108 valence electrons. The SMILES string of the molecule is Cn1nc(Cl)c(NC(=O)OC(C)(C)C)c1C(F)(F)F. The highest BCUT2D eigenvalue weighted by Gasteiger charge is 2.40. The molecule has 0 spiro atoms. The summed E-state index contributed by atoms with van der Waals surface area (Å²) in [6, 6.07) is 0. The van der Waals surface area contributed by atoms with Gasteiger partial charge in [-0.1, -0.05) is 11.6 Å². The van der Waals surface area contributed by atoms with E-state index in [4.69, 9.17) is 16.3 Å². The Bertz CT molecular complexity index is 491. The molecule has 0 saturated carbocycles. The number of carbonyl (C=O) groups excluding carboxylic acids is 1. The summed E-state index contributed by atoms with van der Waals surface area (Å²) in [6.07, 6.45) is -5.73. The van der Waals surface area contributed by atoms with E-state index >= 15 is 0 Å². The van der Waals surface area contributed by atoms with E-state index in [0.717, 1.165) is 7.05 Å². The molecule has 1 heterocycles. The van der Waals surface area contributed by atoms with E-state index in [1.54, 1.807) is 20.8 Å². The highest BCUT2D eigenvalue weighted by molar-refractivity contribution is 6.32. The molecule has 0 aromatic carbocycles. The second-order valence-corrected chi connectivity index (χ2v) is 5.12. The average molecular weight is 300 g/mol. The Hall–Kier alpha value is -1.44. The number of nitrogens with one attached hydrogen (secondary N) is 1. The van der Waals surface area contributed by atoms with Crippen molar-refractivity contribution < 1.29 is 22.7 Å². The summed E-state index contributed by atoms with van der Waals surface area (Å²) in [4.78, 5) is 11.5. The molecule has 0 aliphatic heterocycles. The highest BCUT2D eigenvalue weighted by Crippen LogP contribution is 2.38. The molecule has 0 aliphatic carbocycles. The number of hydrogen-bond acceptors (Lipinski definition) is 3. The Morgan fingerprint density at radius 3 is 2.32 bits per heavy atom. The van der Waals surface area contributed by atoms with Crippen molar-refractivity contribution >= 4 is 23.4 Å². The third-order valence-corrected chi connectivity index (χ3v) is 2.16. The van der Waals surface area contributed by atoms with Crippen molar-refractivity contribution in [2.24, 2.45) is 7.05 Å². The molecule has 0 aliphatic rings. The number of amides is 1. The number of ether oxygens (including phenoxy) is 1. The Morgan fingerprint density at radius 1 is 1.37 bits per heavy atom. The summed E-state index contributed by atoms with van der Waals surface area (Å²) in [5.74, 6) is 0. The topological polar surface area (TPSA) is 56.2 Å². The zero-order valence-electron chi connectivity index (χ0n) is 10.7. The van der Waals surface area contributed by atoms with Crippen molar-refractivity contribution in [3.63, 3.8) is 0 Å². The van der Waals surface area contributed by atoms with Crippen molar-refractivity contribution in [2.45, 2.75) is 32.5 Å². The lowest BCUT2D eigenvalue weighted by Gasteiger charge is -2.20. The molecule has 1 amide bonds. The number of aromatic nitrogens is 2. The van der Waals surface area contributed by atoms with Crippen molar-refractivity contribution in [3.05, 3.63) is 10.8 Å². The zero-order chi connectivity index (χ0) is 15.0. The molecule has 9 heteroatoms. The van der Waals surface area contributed by atoms with E-state index in [1.807, 2.05) is 5.32 Å². The highest BCUT2D eigenvalue weighted by atomic mass is 35.5. The van der Waals surface area contributed by atoms with Gasteiger partial charge in [0.25, 0.3) is 0 Å². The molecule has 0 radical (unpaired) electrons. The van der Waals surface area contributed by atoms with Crippen molar-refractivity contribution in [1.82, 2.24) is 9.78 Å². The van der Waals surface area contributed by atoms with E-state index in [0.29, 0.717) is 4.68 Å². The molecule has 1 aromatic rings. The average Bonchev–Trinajstić information content (AvgIpc) is 2.36. The first-order valence-electron chi connectivity index (χ1n) is 5.21. The van der Waals surface area contributed by atoms with Crippen LogP contribution in [0.2, 0.25) is 5.15 Å². The third kappa shape index (κ3) is 4.02. The second kappa shape index (κ2) is 4.92. The summed E-state index contributed by atoms with van der Waals surface area (Å²) in [6.45, 7) is 4.76. The predicted molar refractivity (Wildman–Crippen MR) is 63.1 cm³/mol. The first kappa shape index (κ1) is 15.6. The summed E-state index contributed by atoms with van der Waals surface area (Å²) < 4.78 is 43.8. The standard InChI is InChI=1S/C10H13ClF3N3O2/c1-9(2,3)19-8(18)15-5-6(10(12,13)14)17(4)16-7(5)11/h1-4H3,(H,15,18). The van der Waals surface area contributed by atoms with Gasteiger partial charge in [0, 0.05) is 7.05 Å². The molecule has 1 N–H and O–H groups in total. The molecule has 1 rings (SSSR count). The smallest absolute Gasteiger partial charge is 0.435 e. The van der Waals surface area contributed by atoms with Crippen molar-refractivity contribution in [1.29, 1.82) is 0 Å². The Kier molecular flexibility index (Phi) is 4.04. The van der Waals surface area contributed by atoms with Crippen LogP contribution < -0.4 is 5.32 Å². The van der Waals surface area contributed by atoms with Crippen LogP contribution in [0.5, 0.6) is 0 Å². The first-order chi connectivity index (χ1) is 8.42. The van der Waals surface area contributed by atoms with Crippen LogP contribution in [0.4, 0.5) is 23.7 Å². The lowest BCUT2D eigenvalue weighted by Crippen LogP contribution is -2.28. The van der Waals surface area contributed by atoms with Crippen molar-refractivity contribution in [3.8, 4) is 0 Å². The summed E-state index contributed by atoms with van der Waals surface area (Å²) >= 11 is 5.57. The van der Waals surface area contributed by atoms with Crippen LogP contribution in [0.25, 0.3) is 0 Å². The molecule has 0 saturated heterocycles. The summed E-state index contributed by atoms with van der Waals surface area (Å²) in [7, 11) is 1.08. The van der Waals surface area contributed by atoms with Crippen LogP contribution in [0.1, 0.15) is 26.5 Å². The van der Waals surface area contributed by atoms with Gasteiger partial charge in [-0.3, -0.25) is 10.00 Å². The lowest BCUT2D eigenvalue weighted by atomic mass is 10.2. The number of aryl methyl sites for hydroxylation is 1. The maximum absolute atomic E-state index is 12.8. The molecule has 0 atom stereocenters. The Balaban J connectivity index is 3.05. The van der Waals surface area contributed by atoms with Gasteiger partial charge >= 0.3 is 12.3 Å². The van der Waals surface area contributed by atoms with Crippen molar-refractivity contribution in [2.75, 3.05) is 5.32 Å². The molecule has 19 heavy (non-hydrogen) atoms. The number of nitrogens with zero attached hydrogens (tertiary/aromatic N) is 2. The fraction of sp³-hybridized carbons (Fsp3) is 0.600. The van der Waals surface area contributed by atoms with Crippen LogP contribution >= 0.6 is 11.6 Å². The van der Waals surface area contributed by atoms with Gasteiger partial charge in [0.2, 0.25) is 0 Å². The molecule has 5 nitrogen and oxygen atoms in total. The van der Waals surface area contributed by atoms with E-state index < -0.39 is 34.4 Å². The second-order valence-electron chi connectivity index (χ2n) is 4.76. The minimum atomic E-state index is -4.70. The Labute approximate surface area is 112 Å². The van der Waals surface area contributed by atoms with Gasteiger partial charge in [-0.25, -0.2) is 4.79 Å². The van der Waals surface area contributed by atoms with Gasteiger partial charge < -0.3 is 4.74 Å². The zero-order valence-corrected chi connectivity index (χ0v) is 11.5. The van der Waals surface area contributed by atoms with Gasteiger partial charge in [-0.15, -0.1) is 0 Å². The lowest BCUT2D eigenvalue weighted by molar-refractivity contribution is -0.143. The molecular formula is C10H13ClF3N3O2. The maximum Gasteiger partial charge on any atom is 0.435 e. The van der Waals surface area contributed by atoms with Crippen LogP contribution in [-0.2, 0) is 18.0 Å². The quantitative estimate of drug-likeness (QED) is 0.864. The minimum absolute atomic E-state index is 0.458. The van der Waals surface area contributed by atoms with Crippen LogP contribution in [0.15, 0.2) is 0 Å². The number of rotatable bonds is 1. The molecular weight excluding hydrogens is 287 g/mol. The van der Waals surface area contributed by atoms with Gasteiger partial charge in [-0.2, -0.15) is 18.3 Å². The normalized spacial score (nSPS) is 12.4. The van der Waals surface area contributed by atoms with E-state index in [1.165, 1.54) is 0 Å². The molecule has 0 unspecified atom stereocenters. The predicted octanol–water partition coefficient (Wildman–Crippen LogP) is 3.44. The van der Waals surface area contributed by atoms with E-state index in [2.05, 4.69) is 5.10 Å². The minimum Gasteiger partial charge on any atom is -0.444 e. The fourth-order valence-electron chi connectivity index (χ4n) is 1.33. The van der Waals surface area contributed by atoms with Crippen LogP contribution in [0.3, 0.4) is 0 Å². The summed E-state index contributed by atoms with van der Waals surface area (Å²) in [5, 5.41) is 4.93. The molecule has 1 aromatic heterocycles. The van der Waals surface area contributed by atoms with Gasteiger partial charge in [0.05, 0.1) is 0 Å². The van der Waals surface area contributed by atoms with E-state index in [9.17, 15) is 18.0 Å². The monoisotopic (exact) mass is 299 g/mol. The number of halogens is 4. The summed E-state index contributed by atoms with van der Waals surface area (Å²) in [5.41, 5.74) is -2.61. The maximum atomic E-state index is 12.8. The van der Waals surface area contributed by atoms with Crippen LogP contribution in [-0.4, -0.2) is 21.5 Å². The molecule has 0 fully saturated rings. The van der Waals surface area contributed by atoms with Gasteiger partial charge in [-0.05, 0) is 20.8 Å². The van der Waals surface area contributed by atoms with Gasteiger partial charge in [0.15, 0.2) is 10.8 Å². The van der Waals surface area contributed by atoms with Gasteiger partial charge in [0.1, 0.15) is 11.3 Å². The van der Waals surface area contributed by atoms with E-state index in [-0.39, 0.29) is 0 Å². The first-order valence-corrected chi connectivity index (χ1v) is 5.59. The fourth-order valence-corrected chi connectivity index (χ4v) is 1.58. The van der Waals surface area contributed by atoms with Crippen LogP contribution in [0, 0.1) is 0 Å². The number of hydrogen-bond donors (Lipinski definition) is 1.